The smallest absolute Gasteiger partial charge is 0.371 e. The summed E-state index contributed by atoms with van der Waals surface area (Å²) in [7, 11) is 0. The van der Waals surface area contributed by atoms with Crippen LogP contribution in [0.15, 0.2) is 22.4 Å². The lowest BCUT2D eigenvalue weighted by molar-refractivity contribution is -0.464. The zero-order valence-corrected chi connectivity index (χ0v) is 11.2. The Morgan fingerprint density at radius 2 is 1.75 bits per heavy atom. The number of guanidine groups is 1. The SMILES string of the molecule is CC(=O)N=C(NC(C)=O)[N+]1=NC=CC1.OCO.OCO. The van der Waals surface area contributed by atoms with Crippen molar-refractivity contribution in [2.24, 2.45) is 10.1 Å². The Bertz CT molecular complexity index is 389. The maximum atomic E-state index is 10.8. The van der Waals surface area contributed by atoms with E-state index in [4.69, 9.17) is 20.4 Å². The van der Waals surface area contributed by atoms with Crippen LogP contribution in [-0.2, 0) is 9.59 Å². The molecule has 0 aromatic heterocycles. The van der Waals surface area contributed by atoms with E-state index < -0.39 is 13.6 Å². The maximum Gasteiger partial charge on any atom is 0.422 e. The van der Waals surface area contributed by atoms with E-state index in [9.17, 15) is 9.59 Å². The van der Waals surface area contributed by atoms with Crippen LogP contribution in [-0.4, -0.2) is 63.0 Å². The van der Waals surface area contributed by atoms with Crippen LogP contribution in [0.5, 0.6) is 0 Å². The highest BCUT2D eigenvalue weighted by Crippen LogP contribution is 1.94. The Morgan fingerprint density at radius 1 is 1.25 bits per heavy atom. The van der Waals surface area contributed by atoms with Gasteiger partial charge in [-0.2, -0.15) is 0 Å². The number of nitrogens with one attached hydrogen (secondary N) is 1. The molecular formula is C10H19N4O6+. The van der Waals surface area contributed by atoms with Crippen molar-refractivity contribution in [2.75, 3.05) is 20.1 Å². The van der Waals surface area contributed by atoms with Crippen molar-refractivity contribution in [2.45, 2.75) is 13.8 Å². The first-order chi connectivity index (χ1) is 9.42. The molecule has 0 radical (unpaired) electrons. The minimum atomic E-state index is -0.750. The van der Waals surface area contributed by atoms with Gasteiger partial charge in [0, 0.05) is 13.8 Å². The van der Waals surface area contributed by atoms with Gasteiger partial charge in [0.25, 0.3) is 5.91 Å². The standard InChI is InChI=1S/C8H10N4O2.2CH4O2/c1-6(13)10-8(11-7(2)14)12-5-3-4-9-12;2*2-1-3/h3-4H,5H2,1-2H3;2*2-3H,1H2/p+1. The summed E-state index contributed by atoms with van der Waals surface area (Å²) < 4.78 is 1.43. The molecule has 20 heavy (non-hydrogen) atoms. The largest absolute Gasteiger partial charge is 0.422 e. The topological polar surface area (TPSA) is 155 Å². The lowest BCUT2D eigenvalue weighted by Crippen LogP contribution is -2.37. The van der Waals surface area contributed by atoms with Gasteiger partial charge in [-0.3, -0.25) is 9.59 Å². The molecule has 0 aliphatic carbocycles. The van der Waals surface area contributed by atoms with Crippen molar-refractivity contribution >= 4 is 17.8 Å². The van der Waals surface area contributed by atoms with Crippen LogP contribution in [0.2, 0.25) is 0 Å². The summed E-state index contributed by atoms with van der Waals surface area (Å²) in [5.41, 5.74) is 0. The van der Waals surface area contributed by atoms with Crippen LogP contribution in [0.4, 0.5) is 0 Å². The number of azo groups is 2. The molecule has 0 aromatic carbocycles. The fourth-order valence-electron chi connectivity index (χ4n) is 0.920. The van der Waals surface area contributed by atoms with Crippen molar-refractivity contribution < 1.29 is 34.7 Å². The predicted molar refractivity (Wildman–Crippen MR) is 67.2 cm³/mol. The summed E-state index contributed by atoms with van der Waals surface area (Å²) in [6, 6.07) is 0. The van der Waals surface area contributed by atoms with Crippen molar-refractivity contribution in [1.82, 2.24) is 5.32 Å². The van der Waals surface area contributed by atoms with Crippen molar-refractivity contribution in [3.63, 3.8) is 0 Å². The van der Waals surface area contributed by atoms with Gasteiger partial charge in [0.05, 0.1) is 6.20 Å². The van der Waals surface area contributed by atoms with E-state index >= 15 is 0 Å². The number of carbonyl (C=O) groups excluding carboxylic acids is 2. The first kappa shape index (κ1) is 20.3. The second-order valence-corrected chi connectivity index (χ2v) is 3.00. The first-order valence-electron chi connectivity index (χ1n) is 5.36. The molecule has 1 heterocycles. The van der Waals surface area contributed by atoms with Gasteiger partial charge in [-0.05, 0) is 11.1 Å². The molecule has 2 amide bonds. The highest BCUT2D eigenvalue weighted by molar-refractivity contribution is 5.97. The Morgan fingerprint density at radius 3 is 2.05 bits per heavy atom. The average molecular weight is 291 g/mol. The molecular weight excluding hydrogens is 272 g/mol. The number of hydrogen-bond acceptors (Lipinski definition) is 7. The van der Waals surface area contributed by atoms with Gasteiger partial charge in [0.2, 0.25) is 0 Å². The highest BCUT2D eigenvalue weighted by atomic mass is 16.5. The van der Waals surface area contributed by atoms with E-state index in [1.807, 2.05) is 0 Å². The second kappa shape index (κ2) is 13.4. The zero-order chi connectivity index (χ0) is 16.0. The number of carbonyl (C=O) groups is 2. The summed E-state index contributed by atoms with van der Waals surface area (Å²) >= 11 is 0. The molecule has 0 spiro atoms. The van der Waals surface area contributed by atoms with E-state index in [1.165, 1.54) is 18.5 Å². The summed E-state index contributed by atoms with van der Waals surface area (Å²) in [6.45, 7) is 1.66. The van der Waals surface area contributed by atoms with Gasteiger partial charge < -0.3 is 20.4 Å². The third kappa shape index (κ3) is 12.4. The average Bonchev–Trinajstić information content (AvgIpc) is 2.82. The van der Waals surface area contributed by atoms with Gasteiger partial charge in [-0.1, -0.05) is 0 Å². The molecule has 1 aliphatic heterocycles. The fourth-order valence-corrected chi connectivity index (χ4v) is 0.920. The lowest BCUT2D eigenvalue weighted by atomic mass is 10.6. The molecule has 1 aliphatic rings. The van der Waals surface area contributed by atoms with E-state index in [2.05, 4.69) is 15.4 Å². The van der Waals surface area contributed by atoms with Crippen LogP contribution < -0.4 is 5.32 Å². The summed E-state index contributed by atoms with van der Waals surface area (Å²) in [4.78, 5) is 25.2. The molecule has 5 N–H and O–H groups in total. The number of aliphatic hydroxyl groups excluding tert-OH is 2. The molecule has 0 saturated heterocycles. The van der Waals surface area contributed by atoms with Gasteiger partial charge in [-0.15, -0.1) is 9.81 Å². The first-order valence-corrected chi connectivity index (χ1v) is 5.36. The Hall–Kier alpha value is -2.01. The van der Waals surface area contributed by atoms with Crippen molar-refractivity contribution in [3.8, 4) is 0 Å². The third-order valence-corrected chi connectivity index (χ3v) is 1.39. The van der Waals surface area contributed by atoms with Gasteiger partial charge in [0.1, 0.15) is 20.1 Å². The number of aliphatic imine (C=N–C) groups is 1. The Kier molecular flexibility index (Phi) is 13.6. The predicted octanol–water partition coefficient (Wildman–Crippen LogP) is -2.13. The molecule has 10 heteroatoms. The van der Waals surface area contributed by atoms with Crippen LogP contribution in [0.25, 0.3) is 0 Å². The molecule has 114 valence electrons. The number of aliphatic hydroxyl groups is 4. The van der Waals surface area contributed by atoms with Crippen molar-refractivity contribution in [3.05, 3.63) is 12.3 Å². The summed E-state index contributed by atoms with van der Waals surface area (Å²) in [5, 5.41) is 34.8. The van der Waals surface area contributed by atoms with Gasteiger partial charge in [0.15, 0.2) is 0 Å². The maximum absolute atomic E-state index is 10.8. The molecule has 0 atom stereocenters. The van der Waals surface area contributed by atoms with Crippen LogP contribution in [0.3, 0.4) is 0 Å². The number of rotatable bonds is 0. The molecule has 0 bridgehead atoms. The fraction of sp³-hybridized carbons (Fsp3) is 0.500. The monoisotopic (exact) mass is 291 g/mol. The van der Waals surface area contributed by atoms with E-state index in [0.717, 1.165) is 0 Å². The molecule has 0 unspecified atom stereocenters. The zero-order valence-electron chi connectivity index (χ0n) is 11.2. The lowest BCUT2D eigenvalue weighted by Gasteiger charge is -1.98. The summed E-state index contributed by atoms with van der Waals surface area (Å²) in [5.74, 6) is -0.502. The molecule has 0 aromatic rings. The number of nitrogens with zero attached hydrogens (tertiary/aromatic N) is 3. The third-order valence-electron chi connectivity index (χ3n) is 1.39. The minimum Gasteiger partial charge on any atom is -0.371 e. The molecule has 0 fully saturated rings. The molecule has 1 rings (SSSR count). The molecule has 10 nitrogen and oxygen atoms in total. The van der Waals surface area contributed by atoms with Gasteiger partial charge >= 0.3 is 11.9 Å². The molecule has 0 saturated carbocycles. The van der Waals surface area contributed by atoms with E-state index in [1.54, 1.807) is 12.3 Å². The Labute approximate surface area is 115 Å². The normalized spacial score (nSPS) is 12.5. The van der Waals surface area contributed by atoms with E-state index in [-0.39, 0.29) is 17.8 Å². The number of amides is 2. The number of hydrogen-bond donors (Lipinski definition) is 5. The second-order valence-electron chi connectivity index (χ2n) is 3.00. The van der Waals surface area contributed by atoms with Crippen molar-refractivity contribution in [1.29, 1.82) is 0 Å². The quantitative estimate of drug-likeness (QED) is 0.149. The van der Waals surface area contributed by atoms with E-state index in [0.29, 0.717) is 6.54 Å². The van der Waals surface area contributed by atoms with Crippen LogP contribution >= 0.6 is 0 Å². The highest BCUT2D eigenvalue weighted by Gasteiger charge is 2.19. The van der Waals surface area contributed by atoms with Gasteiger partial charge in [-0.25, -0.2) is 5.32 Å². The van der Waals surface area contributed by atoms with Crippen LogP contribution in [0.1, 0.15) is 13.8 Å². The summed E-state index contributed by atoms with van der Waals surface area (Å²) in [6.07, 6.45) is 3.37. The van der Waals surface area contributed by atoms with Crippen LogP contribution in [0, 0.1) is 0 Å². The Balaban J connectivity index is 0. The minimum absolute atomic E-state index is 0.162.